The number of aliphatic imine (C=N–C) groups is 1. The van der Waals surface area contributed by atoms with Gasteiger partial charge in [0.2, 0.25) is 5.96 Å². The fourth-order valence-electron chi connectivity index (χ4n) is 4.39. The number of hydrogen-bond acceptors (Lipinski definition) is 5. The van der Waals surface area contributed by atoms with E-state index in [0.717, 1.165) is 34.2 Å². The van der Waals surface area contributed by atoms with Crippen LogP contribution in [-0.2, 0) is 4.79 Å². The second kappa shape index (κ2) is 6.61. The number of nitrogens with zero attached hydrogens (tertiary/aromatic N) is 5. The van der Waals surface area contributed by atoms with Crippen molar-refractivity contribution in [3.05, 3.63) is 40.7 Å². The molecule has 0 bridgehead atoms. The van der Waals surface area contributed by atoms with Crippen molar-refractivity contribution in [3.8, 4) is 0 Å². The number of rotatable bonds is 3. The predicted molar refractivity (Wildman–Crippen MR) is 113 cm³/mol. The molecule has 0 aromatic heterocycles. The van der Waals surface area contributed by atoms with E-state index in [-0.39, 0.29) is 17.9 Å². The van der Waals surface area contributed by atoms with Crippen LogP contribution in [0.2, 0.25) is 0 Å². The molecule has 4 rings (SSSR count). The molecule has 7 nitrogen and oxygen atoms in total. The lowest BCUT2D eigenvalue weighted by Gasteiger charge is -2.41. The first-order chi connectivity index (χ1) is 13.6. The van der Waals surface area contributed by atoms with Crippen molar-refractivity contribution < 1.29 is 9.59 Å². The molecule has 0 radical (unpaired) electrons. The van der Waals surface area contributed by atoms with Crippen molar-refractivity contribution in [2.24, 2.45) is 10.9 Å². The van der Waals surface area contributed by atoms with Crippen LogP contribution in [0.5, 0.6) is 0 Å². The van der Waals surface area contributed by atoms with Crippen molar-refractivity contribution in [3.63, 3.8) is 0 Å². The van der Waals surface area contributed by atoms with E-state index < -0.39 is 12.2 Å². The Morgan fingerprint density at radius 2 is 1.76 bits per heavy atom. The van der Waals surface area contributed by atoms with Crippen molar-refractivity contribution in [2.75, 3.05) is 18.5 Å². The summed E-state index contributed by atoms with van der Waals surface area (Å²) >= 11 is 0. The van der Waals surface area contributed by atoms with Crippen LogP contribution in [0.15, 0.2) is 34.6 Å². The van der Waals surface area contributed by atoms with Gasteiger partial charge in [0.1, 0.15) is 0 Å². The van der Waals surface area contributed by atoms with E-state index in [9.17, 15) is 9.59 Å². The molecule has 3 aliphatic heterocycles. The highest BCUT2D eigenvalue weighted by atomic mass is 16.2. The van der Waals surface area contributed by atoms with Crippen LogP contribution in [0.3, 0.4) is 0 Å². The van der Waals surface area contributed by atoms with Gasteiger partial charge in [-0.2, -0.15) is 0 Å². The molecule has 1 saturated heterocycles. The molecule has 3 amide bonds. The van der Waals surface area contributed by atoms with Gasteiger partial charge in [0.05, 0.1) is 5.69 Å². The number of guanidine groups is 1. The van der Waals surface area contributed by atoms with E-state index in [1.807, 2.05) is 25.7 Å². The first-order valence-corrected chi connectivity index (χ1v) is 10.1. The largest absolute Gasteiger partial charge is 0.328 e. The zero-order valence-electron chi connectivity index (χ0n) is 18.2. The van der Waals surface area contributed by atoms with Gasteiger partial charge >= 0.3 is 6.03 Å². The molecule has 0 N–H and O–H groups in total. The molecule has 1 aromatic rings. The molecule has 3 heterocycles. The van der Waals surface area contributed by atoms with Gasteiger partial charge in [-0.3, -0.25) is 19.5 Å². The monoisotopic (exact) mass is 395 g/mol. The average Bonchev–Trinajstić information content (AvgIpc) is 3.15. The number of fused-ring (bicyclic) bond motifs is 3. The van der Waals surface area contributed by atoms with Crippen LogP contribution in [0.25, 0.3) is 0 Å². The zero-order chi connectivity index (χ0) is 21.2. The maximum absolute atomic E-state index is 13.4. The molecule has 0 aliphatic carbocycles. The summed E-state index contributed by atoms with van der Waals surface area (Å²) in [5.41, 5.74) is 5.41. The molecular formula is C22H29N5O2. The Bertz CT molecular complexity index is 964. The van der Waals surface area contributed by atoms with Gasteiger partial charge in [0, 0.05) is 25.0 Å². The fraction of sp³-hybridized carbons (Fsp3) is 0.500. The van der Waals surface area contributed by atoms with Crippen LogP contribution in [0.4, 0.5) is 10.5 Å². The van der Waals surface area contributed by atoms with Gasteiger partial charge in [-0.1, -0.05) is 26.0 Å². The summed E-state index contributed by atoms with van der Waals surface area (Å²) in [5, 5.41) is 0. The predicted octanol–water partition coefficient (Wildman–Crippen LogP) is 3.29. The third-order valence-electron chi connectivity index (χ3n) is 6.05. The van der Waals surface area contributed by atoms with Gasteiger partial charge in [0.15, 0.2) is 12.2 Å². The second-order valence-corrected chi connectivity index (χ2v) is 8.69. The third kappa shape index (κ3) is 2.74. The highest BCUT2D eigenvalue weighted by Gasteiger charge is 2.56. The summed E-state index contributed by atoms with van der Waals surface area (Å²) in [6.45, 7) is 12.7. The first-order valence-electron chi connectivity index (χ1n) is 10.1. The van der Waals surface area contributed by atoms with Crippen LogP contribution in [-0.4, -0.2) is 58.4 Å². The Labute approximate surface area is 172 Å². The van der Waals surface area contributed by atoms with Crippen molar-refractivity contribution >= 4 is 23.6 Å². The number of anilines is 1. The fourth-order valence-corrected chi connectivity index (χ4v) is 4.39. The zero-order valence-corrected chi connectivity index (χ0v) is 18.2. The number of carbonyl (C=O) groups excluding carboxylic acids is 2. The number of benzene rings is 1. The van der Waals surface area contributed by atoms with Gasteiger partial charge in [0.25, 0.3) is 5.91 Å². The maximum atomic E-state index is 13.4. The van der Waals surface area contributed by atoms with Gasteiger partial charge in [-0.25, -0.2) is 9.79 Å². The highest BCUT2D eigenvalue weighted by Crippen LogP contribution is 2.41. The minimum atomic E-state index is -0.517. The van der Waals surface area contributed by atoms with E-state index in [0.29, 0.717) is 6.54 Å². The van der Waals surface area contributed by atoms with Crippen molar-refractivity contribution in [1.82, 2.24) is 14.7 Å². The first kappa shape index (κ1) is 19.5. The molecule has 29 heavy (non-hydrogen) atoms. The van der Waals surface area contributed by atoms with E-state index in [1.165, 1.54) is 4.90 Å². The Morgan fingerprint density at radius 3 is 2.41 bits per heavy atom. The van der Waals surface area contributed by atoms with Gasteiger partial charge in [-0.15, -0.1) is 0 Å². The molecule has 7 heteroatoms. The molecule has 154 valence electrons. The number of allylic oxidation sites excluding steroid dienone is 2. The number of likely N-dealkylation sites (N-methyl/N-ethyl adjacent to an activating group) is 1. The lowest BCUT2D eigenvalue weighted by Crippen LogP contribution is -2.65. The number of imide groups is 1. The highest BCUT2D eigenvalue weighted by molar-refractivity contribution is 6.10. The summed E-state index contributed by atoms with van der Waals surface area (Å²) in [4.78, 5) is 38.2. The topological polar surface area (TPSA) is 59.5 Å². The van der Waals surface area contributed by atoms with E-state index in [4.69, 9.17) is 4.99 Å². The number of urea groups is 1. The standard InChI is InChI=1S/C22H29N5O2/c1-12(2)11-25-20(28)18-19(24(7)22(25)29)23-21-26(15(5)16(6)27(18)21)17-10-13(3)8-9-14(17)4/h8-10,12,18-19H,11H2,1-7H3. The average molecular weight is 396 g/mol. The molecule has 2 atom stereocenters. The Balaban J connectivity index is 1.79. The van der Waals surface area contributed by atoms with Gasteiger partial charge < -0.3 is 4.90 Å². The Kier molecular flexibility index (Phi) is 4.44. The van der Waals surface area contributed by atoms with Gasteiger partial charge in [-0.05, 0) is 50.8 Å². The molecule has 3 aliphatic rings. The van der Waals surface area contributed by atoms with Crippen molar-refractivity contribution in [1.29, 1.82) is 0 Å². The SMILES string of the molecule is CC1=C(C)N2C(=NC3C2C(=O)N(CC(C)C)C(=O)N3C)N1c1cc(C)ccc1C. The van der Waals surface area contributed by atoms with Crippen LogP contribution in [0, 0.1) is 19.8 Å². The van der Waals surface area contributed by atoms with Crippen LogP contribution >= 0.6 is 0 Å². The smallest absolute Gasteiger partial charge is 0.302 e. The van der Waals surface area contributed by atoms with E-state index >= 15 is 0 Å². The third-order valence-corrected chi connectivity index (χ3v) is 6.05. The normalized spacial score (nSPS) is 24.1. The summed E-state index contributed by atoms with van der Waals surface area (Å²) in [6.07, 6.45) is -0.510. The van der Waals surface area contributed by atoms with E-state index in [2.05, 4.69) is 43.9 Å². The lowest BCUT2D eigenvalue weighted by molar-refractivity contribution is -0.137. The minimum absolute atomic E-state index is 0.166. The summed E-state index contributed by atoms with van der Waals surface area (Å²) in [6, 6.07) is 5.55. The summed E-state index contributed by atoms with van der Waals surface area (Å²) in [7, 11) is 1.74. The van der Waals surface area contributed by atoms with Crippen molar-refractivity contribution in [2.45, 2.75) is 53.8 Å². The quantitative estimate of drug-likeness (QED) is 0.788. The lowest BCUT2D eigenvalue weighted by atomic mass is 10.1. The maximum Gasteiger partial charge on any atom is 0.328 e. The molecule has 0 spiro atoms. The number of amides is 3. The minimum Gasteiger partial charge on any atom is -0.302 e. The molecule has 2 unspecified atom stereocenters. The molecular weight excluding hydrogens is 366 g/mol. The Hall–Kier alpha value is -2.83. The Morgan fingerprint density at radius 1 is 1.07 bits per heavy atom. The van der Waals surface area contributed by atoms with Crippen LogP contribution in [0.1, 0.15) is 38.8 Å². The molecule has 1 aromatic carbocycles. The second-order valence-electron chi connectivity index (χ2n) is 8.69. The summed E-state index contributed by atoms with van der Waals surface area (Å²) in [5.74, 6) is 0.765. The molecule has 1 fully saturated rings. The number of carbonyl (C=O) groups is 2. The van der Waals surface area contributed by atoms with E-state index in [1.54, 1.807) is 11.9 Å². The molecule has 0 saturated carbocycles. The van der Waals surface area contributed by atoms with Crippen LogP contribution < -0.4 is 4.90 Å². The number of aryl methyl sites for hydroxylation is 2. The summed E-state index contributed by atoms with van der Waals surface area (Å²) < 4.78 is 0. The number of hydrogen-bond donors (Lipinski definition) is 0.